The Hall–Kier alpha value is -1.75. The van der Waals surface area contributed by atoms with Gasteiger partial charge in [0.05, 0.1) is 12.2 Å². The first-order chi connectivity index (χ1) is 11.9. The number of hydrogen-bond acceptors (Lipinski definition) is 4. The average molecular weight is 325 g/mol. The Morgan fingerprint density at radius 2 is 1.88 bits per heavy atom. The molecule has 0 bridgehead atoms. The largest absolute Gasteiger partial charge is 0.303 e. The van der Waals surface area contributed by atoms with Gasteiger partial charge in [-0.1, -0.05) is 24.5 Å². The molecule has 2 aromatic heterocycles. The smallest absolute Gasteiger partial charge is 0.114 e. The maximum absolute atomic E-state index is 4.38. The minimum Gasteiger partial charge on any atom is -0.303 e. The zero-order valence-corrected chi connectivity index (χ0v) is 14.3. The fraction of sp³-hybridized carbons (Fsp3) is 0.632. The van der Waals surface area contributed by atoms with Gasteiger partial charge in [0.15, 0.2) is 0 Å². The van der Waals surface area contributed by atoms with Crippen LogP contribution >= 0.6 is 0 Å². The fourth-order valence-corrected chi connectivity index (χ4v) is 4.20. The number of likely N-dealkylation sites (tertiary alicyclic amines) is 1. The summed E-state index contributed by atoms with van der Waals surface area (Å²) in [5.41, 5.74) is 1.96. The van der Waals surface area contributed by atoms with Crippen LogP contribution in [0.1, 0.15) is 51.0 Å². The monoisotopic (exact) mass is 325 g/mol. The van der Waals surface area contributed by atoms with Crippen LogP contribution < -0.4 is 0 Å². The summed E-state index contributed by atoms with van der Waals surface area (Å²) in [6, 6.07) is 4.47. The summed E-state index contributed by atoms with van der Waals surface area (Å²) in [6.45, 7) is 3.71. The standard InChI is InChI=1S/C19H27N5/c1-2-5-16(6-3-1)14-23-11-8-18(9-12-23)24-15-19(21-22-24)17-7-4-10-20-13-17/h4,7,10,13,15-16,18H,1-3,5-6,8-9,11-12,14H2. The van der Waals surface area contributed by atoms with Crippen LogP contribution in [0.5, 0.6) is 0 Å². The first-order valence-corrected chi connectivity index (χ1v) is 9.43. The summed E-state index contributed by atoms with van der Waals surface area (Å²) >= 11 is 0. The topological polar surface area (TPSA) is 46.8 Å². The Morgan fingerprint density at radius 1 is 1.04 bits per heavy atom. The van der Waals surface area contributed by atoms with Gasteiger partial charge in [-0.05, 0) is 43.7 Å². The van der Waals surface area contributed by atoms with Crippen LogP contribution in [0.4, 0.5) is 0 Å². The highest BCUT2D eigenvalue weighted by Crippen LogP contribution is 2.28. The quantitative estimate of drug-likeness (QED) is 0.862. The van der Waals surface area contributed by atoms with E-state index >= 15 is 0 Å². The van der Waals surface area contributed by atoms with E-state index in [-0.39, 0.29) is 0 Å². The summed E-state index contributed by atoms with van der Waals surface area (Å²) in [5.74, 6) is 0.943. The Morgan fingerprint density at radius 3 is 2.62 bits per heavy atom. The molecule has 0 spiro atoms. The number of hydrogen-bond donors (Lipinski definition) is 0. The maximum atomic E-state index is 4.38. The van der Waals surface area contributed by atoms with E-state index in [1.165, 1.54) is 64.6 Å². The molecule has 1 saturated carbocycles. The second-order valence-electron chi connectivity index (χ2n) is 7.36. The van der Waals surface area contributed by atoms with Gasteiger partial charge in [-0.3, -0.25) is 4.98 Å². The van der Waals surface area contributed by atoms with Gasteiger partial charge in [-0.25, -0.2) is 4.68 Å². The summed E-state index contributed by atoms with van der Waals surface area (Å²) in [7, 11) is 0. The van der Waals surface area contributed by atoms with Crippen molar-refractivity contribution >= 4 is 0 Å². The highest BCUT2D eigenvalue weighted by molar-refractivity contribution is 5.55. The van der Waals surface area contributed by atoms with E-state index in [1.807, 2.05) is 18.3 Å². The van der Waals surface area contributed by atoms with Crippen LogP contribution in [0.15, 0.2) is 30.7 Å². The van der Waals surface area contributed by atoms with Crippen LogP contribution in [-0.4, -0.2) is 44.5 Å². The molecule has 0 radical (unpaired) electrons. The molecule has 128 valence electrons. The van der Waals surface area contributed by atoms with Crippen molar-refractivity contribution in [2.24, 2.45) is 5.92 Å². The summed E-state index contributed by atoms with van der Waals surface area (Å²) < 4.78 is 2.07. The van der Waals surface area contributed by atoms with Gasteiger partial charge in [-0.2, -0.15) is 0 Å². The first-order valence-electron chi connectivity index (χ1n) is 9.43. The fourth-order valence-electron chi connectivity index (χ4n) is 4.20. The third kappa shape index (κ3) is 3.66. The Labute approximate surface area is 144 Å². The summed E-state index contributed by atoms with van der Waals surface area (Å²) in [6.07, 6.45) is 15.3. The van der Waals surface area contributed by atoms with E-state index < -0.39 is 0 Å². The van der Waals surface area contributed by atoms with E-state index in [0.717, 1.165) is 17.2 Å². The van der Waals surface area contributed by atoms with Crippen molar-refractivity contribution in [3.63, 3.8) is 0 Å². The minimum atomic E-state index is 0.491. The van der Waals surface area contributed by atoms with Crippen molar-refractivity contribution in [2.45, 2.75) is 51.0 Å². The van der Waals surface area contributed by atoms with Crippen molar-refractivity contribution in [3.8, 4) is 11.3 Å². The zero-order chi connectivity index (χ0) is 16.2. The molecule has 1 aliphatic carbocycles. The van der Waals surface area contributed by atoms with E-state index in [4.69, 9.17) is 0 Å². The average Bonchev–Trinajstić information content (AvgIpc) is 3.14. The molecule has 0 aromatic carbocycles. The van der Waals surface area contributed by atoms with Crippen molar-refractivity contribution in [3.05, 3.63) is 30.7 Å². The van der Waals surface area contributed by atoms with E-state index in [1.54, 1.807) is 6.20 Å². The molecule has 0 amide bonds. The predicted molar refractivity (Wildman–Crippen MR) is 94.5 cm³/mol. The maximum Gasteiger partial charge on any atom is 0.114 e. The minimum absolute atomic E-state index is 0.491. The third-order valence-electron chi connectivity index (χ3n) is 5.64. The molecule has 0 unspecified atom stereocenters. The summed E-state index contributed by atoms with van der Waals surface area (Å²) in [4.78, 5) is 6.84. The number of pyridine rings is 1. The number of rotatable bonds is 4. The molecule has 2 aliphatic rings. The highest BCUT2D eigenvalue weighted by atomic mass is 15.4. The number of piperidine rings is 1. The molecule has 4 rings (SSSR count). The van der Waals surface area contributed by atoms with Crippen LogP contribution in [0.2, 0.25) is 0 Å². The van der Waals surface area contributed by atoms with Crippen molar-refractivity contribution in [2.75, 3.05) is 19.6 Å². The Kier molecular flexibility index (Phi) is 4.88. The zero-order valence-electron chi connectivity index (χ0n) is 14.3. The summed E-state index contributed by atoms with van der Waals surface area (Å²) in [5, 5.41) is 8.71. The molecule has 2 aromatic rings. The lowest BCUT2D eigenvalue weighted by Crippen LogP contribution is -2.38. The van der Waals surface area contributed by atoms with E-state index in [9.17, 15) is 0 Å². The molecular formula is C19H27N5. The van der Waals surface area contributed by atoms with Gasteiger partial charge in [-0.15, -0.1) is 5.10 Å². The van der Waals surface area contributed by atoms with Gasteiger partial charge in [0.1, 0.15) is 5.69 Å². The van der Waals surface area contributed by atoms with Gasteiger partial charge in [0, 0.05) is 37.6 Å². The lowest BCUT2D eigenvalue weighted by Gasteiger charge is -2.35. The van der Waals surface area contributed by atoms with Crippen LogP contribution in [-0.2, 0) is 0 Å². The molecule has 5 nitrogen and oxygen atoms in total. The lowest BCUT2D eigenvalue weighted by atomic mass is 9.88. The molecule has 0 N–H and O–H groups in total. The van der Waals surface area contributed by atoms with Crippen LogP contribution in [0, 0.1) is 5.92 Å². The SMILES string of the molecule is c1cncc(-c2cn(C3CCN(CC4CCCCC4)CC3)nn2)c1. The van der Waals surface area contributed by atoms with Crippen molar-refractivity contribution in [1.29, 1.82) is 0 Å². The first kappa shape index (κ1) is 15.8. The molecular weight excluding hydrogens is 298 g/mol. The van der Waals surface area contributed by atoms with Crippen LogP contribution in [0.3, 0.4) is 0 Å². The number of nitrogens with zero attached hydrogens (tertiary/aromatic N) is 5. The molecule has 24 heavy (non-hydrogen) atoms. The highest BCUT2D eigenvalue weighted by Gasteiger charge is 2.24. The van der Waals surface area contributed by atoms with E-state index in [2.05, 4.69) is 31.1 Å². The second-order valence-corrected chi connectivity index (χ2v) is 7.36. The van der Waals surface area contributed by atoms with Gasteiger partial charge in [0.25, 0.3) is 0 Å². The van der Waals surface area contributed by atoms with Gasteiger partial charge >= 0.3 is 0 Å². The molecule has 0 atom stereocenters. The third-order valence-corrected chi connectivity index (χ3v) is 5.64. The normalized spacial score (nSPS) is 21.2. The molecule has 2 fully saturated rings. The van der Waals surface area contributed by atoms with Crippen molar-refractivity contribution < 1.29 is 0 Å². The molecule has 3 heterocycles. The predicted octanol–water partition coefficient (Wildman–Crippen LogP) is 3.56. The van der Waals surface area contributed by atoms with Gasteiger partial charge < -0.3 is 4.90 Å². The van der Waals surface area contributed by atoms with Crippen molar-refractivity contribution in [1.82, 2.24) is 24.9 Å². The Balaban J connectivity index is 1.32. The number of aromatic nitrogens is 4. The Bertz CT molecular complexity index is 624. The molecule has 1 saturated heterocycles. The lowest BCUT2D eigenvalue weighted by molar-refractivity contribution is 0.143. The van der Waals surface area contributed by atoms with Crippen LogP contribution in [0.25, 0.3) is 11.3 Å². The van der Waals surface area contributed by atoms with Gasteiger partial charge in [0.2, 0.25) is 0 Å². The molecule has 5 heteroatoms. The molecule has 1 aliphatic heterocycles. The second kappa shape index (κ2) is 7.43. The van der Waals surface area contributed by atoms with E-state index in [0.29, 0.717) is 6.04 Å².